The molecule has 0 atom stereocenters. The Kier molecular flexibility index (Phi) is 5.37. The van der Waals surface area contributed by atoms with E-state index in [9.17, 15) is 9.90 Å². The van der Waals surface area contributed by atoms with Gasteiger partial charge in [-0.1, -0.05) is 27.6 Å². The van der Waals surface area contributed by atoms with Gasteiger partial charge in [0.2, 0.25) is 5.88 Å². The van der Waals surface area contributed by atoms with Gasteiger partial charge in [-0.15, -0.1) is 10.2 Å². The van der Waals surface area contributed by atoms with Crippen molar-refractivity contribution in [1.29, 1.82) is 0 Å². The molecule has 134 valence electrons. The average molecular weight is 416 g/mol. The number of azo groups is 1. The Labute approximate surface area is 159 Å². The Morgan fingerprint density at radius 3 is 2.65 bits per heavy atom. The van der Waals surface area contributed by atoms with Crippen LogP contribution >= 0.6 is 15.9 Å². The van der Waals surface area contributed by atoms with Gasteiger partial charge in [-0.05, 0) is 50.2 Å². The number of amides is 1. The first kappa shape index (κ1) is 18.1. The molecule has 1 N–H and O–H groups in total. The third kappa shape index (κ3) is 3.77. The van der Waals surface area contributed by atoms with Gasteiger partial charge in [0, 0.05) is 16.4 Å². The van der Waals surface area contributed by atoms with Crippen molar-refractivity contribution in [3.8, 4) is 11.6 Å². The van der Waals surface area contributed by atoms with Gasteiger partial charge in [-0.2, -0.15) is 0 Å². The maximum Gasteiger partial charge on any atom is 0.302 e. The largest absolute Gasteiger partial charge is 0.493 e. The molecule has 0 unspecified atom stereocenters. The van der Waals surface area contributed by atoms with Crippen LogP contribution in [0.15, 0.2) is 57.2 Å². The summed E-state index contributed by atoms with van der Waals surface area (Å²) in [6.45, 7) is 4.24. The topological polar surface area (TPSA) is 76.2 Å². The Hall–Kier alpha value is -2.67. The highest BCUT2D eigenvalue weighted by Gasteiger charge is 2.16. The predicted molar refractivity (Wildman–Crippen MR) is 103 cm³/mol. The van der Waals surface area contributed by atoms with Crippen molar-refractivity contribution >= 4 is 38.4 Å². The van der Waals surface area contributed by atoms with Crippen LogP contribution in [0.2, 0.25) is 0 Å². The van der Waals surface area contributed by atoms with Gasteiger partial charge in [0.15, 0.2) is 12.3 Å². The summed E-state index contributed by atoms with van der Waals surface area (Å²) in [7, 11) is 0. The van der Waals surface area contributed by atoms with Crippen LogP contribution in [0.4, 0.5) is 5.69 Å². The van der Waals surface area contributed by atoms with Gasteiger partial charge in [0.25, 0.3) is 0 Å². The van der Waals surface area contributed by atoms with Crippen LogP contribution < -0.4 is 4.74 Å². The summed E-state index contributed by atoms with van der Waals surface area (Å²) in [5.41, 5.74) is 2.18. The number of halogens is 1. The summed E-state index contributed by atoms with van der Waals surface area (Å²) in [5, 5.41) is 18.9. The van der Waals surface area contributed by atoms with E-state index in [-0.39, 0.29) is 12.5 Å². The number of rotatable bonds is 5. The summed E-state index contributed by atoms with van der Waals surface area (Å²) in [6.07, 6.45) is 0. The van der Waals surface area contributed by atoms with E-state index in [1.807, 2.05) is 44.2 Å². The van der Waals surface area contributed by atoms with E-state index >= 15 is 0 Å². The van der Waals surface area contributed by atoms with Crippen LogP contribution in [-0.4, -0.2) is 22.2 Å². The molecule has 0 aliphatic heterocycles. The number of aromatic hydroxyl groups is 1. The van der Waals surface area contributed by atoms with E-state index < -0.39 is 5.91 Å². The van der Waals surface area contributed by atoms with Crippen LogP contribution in [0.3, 0.4) is 0 Å². The van der Waals surface area contributed by atoms with Gasteiger partial charge >= 0.3 is 5.91 Å². The molecule has 0 spiro atoms. The number of aryl methyl sites for hydroxylation is 2. The van der Waals surface area contributed by atoms with Gasteiger partial charge in [-0.25, -0.2) is 0 Å². The first-order valence-electron chi connectivity index (χ1n) is 8.14. The smallest absolute Gasteiger partial charge is 0.302 e. The molecule has 1 amide bonds. The molecular weight excluding hydrogens is 398 g/mol. The lowest BCUT2D eigenvalue weighted by atomic mass is 10.1. The molecule has 0 fully saturated rings. The highest BCUT2D eigenvalue weighted by atomic mass is 79.9. The van der Waals surface area contributed by atoms with Crippen LogP contribution in [0, 0.1) is 6.92 Å². The van der Waals surface area contributed by atoms with Crippen molar-refractivity contribution < 1.29 is 14.6 Å². The second-order valence-electron chi connectivity index (χ2n) is 5.77. The Balaban J connectivity index is 1.79. The fourth-order valence-electron chi connectivity index (χ4n) is 2.67. The fourth-order valence-corrected chi connectivity index (χ4v) is 2.93. The summed E-state index contributed by atoms with van der Waals surface area (Å²) < 4.78 is 8.04. The minimum absolute atomic E-state index is 0.00141. The third-order valence-electron chi connectivity index (χ3n) is 3.92. The molecular formula is C19H18BrN3O3. The van der Waals surface area contributed by atoms with Gasteiger partial charge < -0.3 is 14.4 Å². The quantitative estimate of drug-likeness (QED) is 0.586. The van der Waals surface area contributed by atoms with Crippen molar-refractivity contribution in [2.45, 2.75) is 20.4 Å². The zero-order chi connectivity index (χ0) is 18.7. The zero-order valence-electron chi connectivity index (χ0n) is 14.4. The molecule has 0 aliphatic rings. The van der Waals surface area contributed by atoms with Gasteiger partial charge in [-0.3, -0.25) is 4.79 Å². The standard InChI is InChI=1S/C19H18BrN3O3/c1-3-23-16-9-4-12(2)10-15(16)18(19(23)25)22-21-17(24)11-26-14-7-5-13(20)6-8-14/h4-10,25H,3,11H2,1-2H3. The fraction of sp³-hybridized carbons (Fsp3) is 0.211. The molecule has 0 saturated carbocycles. The van der Waals surface area contributed by atoms with Crippen molar-refractivity contribution in [2.75, 3.05) is 6.61 Å². The highest BCUT2D eigenvalue weighted by Crippen LogP contribution is 2.39. The first-order chi connectivity index (χ1) is 12.5. The summed E-state index contributed by atoms with van der Waals surface area (Å²) >= 11 is 3.33. The van der Waals surface area contributed by atoms with E-state index in [2.05, 4.69) is 26.2 Å². The molecule has 7 heteroatoms. The molecule has 1 aromatic heterocycles. The number of benzene rings is 2. The van der Waals surface area contributed by atoms with Crippen molar-refractivity contribution in [1.82, 2.24) is 4.57 Å². The normalized spacial score (nSPS) is 11.3. The maximum absolute atomic E-state index is 12.0. The summed E-state index contributed by atoms with van der Waals surface area (Å²) in [6, 6.07) is 12.9. The van der Waals surface area contributed by atoms with E-state index in [0.717, 1.165) is 20.9 Å². The SMILES string of the molecule is CCn1c(O)c(N=NC(=O)COc2ccc(Br)cc2)c2cc(C)ccc21. The molecule has 3 aromatic rings. The molecule has 0 radical (unpaired) electrons. The number of aromatic nitrogens is 1. The second kappa shape index (κ2) is 7.70. The minimum atomic E-state index is -0.530. The minimum Gasteiger partial charge on any atom is -0.493 e. The van der Waals surface area contributed by atoms with Crippen LogP contribution in [0.5, 0.6) is 11.6 Å². The predicted octanol–water partition coefficient (Wildman–Crippen LogP) is 5.13. The maximum atomic E-state index is 12.0. The Bertz CT molecular complexity index is 978. The molecule has 0 aliphatic carbocycles. The molecule has 6 nitrogen and oxygen atoms in total. The van der Waals surface area contributed by atoms with Crippen LogP contribution in [-0.2, 0) is 11.3 Å². The lowest BCUT2D eigenvalue weighted by Crippen LogP contribution is -2.07. The number of carbonyl (C=O) groups is 1. The number of hydrogen-bond donors (Lipinski definition) is 1. The lowest BCUT2D eigenvalue weighted by Gasteiger charge is -2.02. The Morgan fingerprint density at radius 2 is 1.96 bits per heavy atom. The van der Waals surface area contributed by atoms with Crippen LogP contribution in [0.1, 0.15) is 12.5 Å². The van der Waals surface area contributed by atoms with Crippen molar-refractivity contribution in [2.24, 2.45) is 10.2 Å². The Morgan fingerprint density at radius 1 is 1.23 bits per heavy atom. The molecule has 0 bridgehead atoms. The van der Waals surface area contributed by atoms with E-state index in [0.29, 0.717) is 18.0 Å². The number of carbonyl (C=O) groups excluding carboxylic acids is 1. The number of nitrogens with zero attached hydrogens (tertiary/aromatic N) is 3. The lowest BCUT2D eigenvalue weighted by molar-refractivity contribution is -0.120. The number of fused-ring (bicyclic) bond motifs is 1. The van der Waals surface area contributed by atoms with E-state index in [4.69, 9.17) is 4.74 Å². The van der Waals surface area contributed by atoms with E-state index in [1.165, 1.54) is 0 Å². The van der Waals surface area contributed by atoms with Gasteiger partial charge in [0.1, 0.15) is 5.75 Å². The second-order valence-corrected chi connectivity index (χ2v) is 6.69. The summed E-state index contributed by atoms with van der Waals surface area (Å²) in [5.74, 6) is 0.0358. The highest BCUT2D eigenvalue weighted by molar-refractivity contribution is 9.10. The first-order valence-corrected chi connectivity index (χ1v) is 8.93. The summed E-state index contributed by atoms with van der Waals surface area (Å²) in [4.78, 5) is 12.0. The average Bonchev–Trinajstić information content (AvgIpc) is 2.89. The monoisotopic (exact) mass is 415 g/mol. The molecule has 26 heavy (non-hydrogen) atoms. The molecule has 0 saturated heterocycles. The van der Waals surface area contributed by atoms with E-state index in [1.54, 1.807) is 16.7 Å². The zero-order valence-corrected chi connectivity index (χ0v) is 16.0. The molecule has 1 heterocycles. The number of ether oxygens (including phenoxy) is 1. The number of hydrogen-bond acceptors (Lipinski definition) is 4. The molecule has 2 aromatic carbocycles. The van der Waals surface area contributed by atoms with Crippen LogP contribution in [0.25, 0.3) is 10.9 Å². The van der Waals surface area contributed by atoms with Crippen molar-refractivity contribution in [3.05, 3.63) is 52.5 Å². The van der Waals surface area contributed by atoms with Gasteiger partial charge in [0.05, 0.1) is 5.52 Å². The van der Waals surface area contributed by atoms with Crippen molar-refractivity contribution in [3.63, 3.8) is 0 Å². The molecule has 3 rings (SSSR count). The third-order valence-corrected chi connectivity index (χ3v) is 4.45.